The molecule has 0 fully saturated rings. The van der Waals surface area contributed by atoms with Gasteiger partial charge in [0.2, 0.25) is 5.91 Å². The van der Waals surface area contributed by atoms with Gasteiger partial charge in [-0.1, -0.05) is 35.9 Å². The van der Waals surface area contributed by atoms with Gasteiger partial charge in [-0.2, -0.15) is 0 Å². The molecule has 2 N–H and O–H groups in total. The Bertz CT molecular complexity index is 740. The summed E-state index contributed by atoms with van der Waals surface area (Å²) in [6, 6.07) is 15.4. The Kier molecular flexibility index (Phi) is 4.02. The lowest BCUT2D eigenvalue weighted by atomic mass is 9.97. The molecule has 1 aliphatic heterocycles. The first-order valence-electron chi connectivity index (χ1n) is 7.57. The number of carbonyl (C=O) groups is 2. The standard InChI is InChI=1S/C18H19N3O2/c1-12-7-9-13(10-8-12)20-21-16-6-4-3-5-14(16)15(18(21)23)11-17(22)19-2/h3-10,15,20H,11H2,1-2H3,(H,19,22). The van der Waals surface area contributed by atoms with E-state index in [1.807, 2.05) is 55.5 Å². The van der Waals surface area contributed by atoms with Gasteiger partial charge in [-0.05, 0) is 30.7 Å². The van der Waals surface area contributed by atoms with E-state index in [1.165, 1.54) is 5.01 Å². The predicted octanol–water partition coefficient (Wildman–Crippen LogP) is 2.59. The fourth-order valence-electron chi connectivity index (χ4n) is 2.75. The minimum absolute atomic E-state index is 0.115. The number of hydrogen-bond donors (Lipinski definition) is 2. The second kappa shape index (κ2) is 6.12. The summed E-state index contributed by atoms with van der Waals surface area (Å²) in [7, 11) is 1.58. The first kappa shape index (κ1) is 15.1. The Labute approximate surface area is 135 Å². The number of rotatable bonds is 4. The highest BCUT2D eigenvalue weighted by Crippen LogP contribution is 2.39. The van der Waals surface area contributed by atoms with E-state index in [1.54, 1.807) is 7.05 Å². The normalized spacial score (nSPS) is 16.2. The number of amides is 2. The molecule has 0 bridgehead atoms. The molecule has 1 heterocycles. The molecule has 2 amide bonds. The van der Waals surface area contributed by atoms with Gasteiger partial charge in [-0.3, -0.25) is 15.0 Å². The van der Waals surface area contributed by atoms with Crippen molar-refractivity contribution in [2.45, 2.75) is 19.3 Å². The maximum atomic E-state index is 12.8. The van der Waals surface area contributed by atoms with Gasteiger partial charge in [-0.15, -0.1) is 0 Å². The number of fused-ring (bicyclic) bond motifs is 1. The Morgan fingerprint density at radius 3 is 2.52 bits per heavy atom. The highest BCUT2D eigenvalue weighted by molar-refractivity contribution is 6.07. The van der Waals surface area contributed by atoms with E-state index in [9.17, 15) is 9.59 Å². The number of nitrogens with zero attached hydrogens (tertiary/aromatic N) is 1. The topological polar surface area (TPSA) is 61.4 Å². The van der Waals surface area contributed by atoms with E-state index in [4.69, 9.17) is 0 Å². The fraction of sp³-hybridized carbons (Fsp3) is 0.222. The van der Waals surface area contributed by atoms with Gasteiger partial charge in [-0.25, -0.2) is 5.01 Å². The number of carbonyl (C=O) groups excluding carboxylic acids is 2. The second-order valence-electron chi connectivity index (χ2n) is 5.64. The van der Waals surface area contributed by atoms with E-state index in [0.29, 0.717) is 0 Å². The van der Waals surface area contributed by atoms with Crippen LogP contribution in [-0.4, -0.2) is 18.9 Å². The maximum absolute atomic E-state index is 12.8. The molecule has 2 aromatic carbocycles. The summed E-state index contributed by atoms with van der Waals surface area (Å²) in [4.78, 5) is 24.5. The summed E-state index contributed by atoms with van der Waals surface area (Å²) in [6.45, 7) is 2.01. The van der Waals surface area contributed by atoms with Crippen LogP contribution in [0, 0.1) is 6.92 Å². The van der Waals surface area contributed by atoms with Crippen LogP contribution in [0.1, 0.15) is 23.5 Å². The van der Waals surface area contributed by atoms with Crippen molar-refractivity contribution >= 4 is 23.2 Å². The van der Waals surface area contributed by atoms with Crippen LogP contribution < -0.4 is 15.8 Å². The third kappa shape index (κ3) is 2.90. The Morgan fingerprint density at radius 1 is 1.13 bits per heavy atom. The summed E-state index contributed by atoms with van der Waals surface area (Å²) < 4.78 is 0. The van der Waals surface area contributed by atoms with Crippen LogP contribution in [0.4, 0.5) is 11.4 Å². The summed E-state index contributed by atoms with van der Waals surface area (Å²) >= 11 is 0. The molecule has 23 heavy (non-hydrogen) atoms. The smallest absolute Gasteiger partial charge is 0.253 e. The van der Waals surface area contributed by atoms with Gasteiger partial charge >= 0.3 is 0 Å². The molecule has 0 saturated carbocycles. The van der Waals surface area contributed by atoms with Crippen molar-refractivity contribution in [2.24, 2.45) is 0 Å². The number of hydrazine groups is 1. The fourth-order valence-corrected chi connectivity index (χ4v) is 2.75. The van der Waals surface area contributed by atoms with Gasteiger partial charge in [0.1, 0.15) is 0 Å². The van der Waals surface area contributed by atoms with Crippen molar-refractivity contribution in [2.75, 3.05) is 17.5 Å². The van der Waals surface area contributed by atoms with Crippen molar-refractivity contribution in [1.82, 2.24) is 5.32 Å². The molecule has 0 aliphatic carbocycles. The van der Waals surface area contributed by atoms with Gasteiger partial charge in [0.25, 0.3) is 5.91 Å². The van der Waals surface area contributed by atoms with E-state index < -0.39 is 5.92 Å². The monoisotopic (exact) mass is 309 g/mol. The van der Waals surface area contributed by atoms with Crippen LogP contribution in [0.5, 0.6) is 0 Å². The third-order valence-corrected chi connectivity index (χ3v) is 4.03. The van der Waals surface area contributed by atoms with Gasteiger partial charge in [0.15, 0.2) is 0 Å². The highest BCUT2D eigenvalue weighted by Gasteiger charge is 2.38. The molecule has 1 unspecified atom stereocenters. The van der Waals surface area contributed by atoms with Crippen LogP contribution in [0.3, 0.4) is 0 Å². The largest absolute Gasteiger partial charge is 0.359 e. The molecule has 3 rings (SSSR count). The van der Waals surface area contributed by atoms with E-state index in [-0.39, 0.29) is 18.2 Å². The molecule has 5 nitrogen and oxygen atoms in total. The number of para-hydroxylation sites is 1. The molecule has 1 atom stereocenters. The first-order valence-corrected chi connectivity index (χ1v) is 7.57. The molecular weight excluding hydrogens is 290 g/mol. The summed E-state index contributed by atoms with van der Waals surface area (Å²) in [5.41, 5.74) is 6.81. The van der Waals surface area contributed by atoms with Crippen LogP contribution >= 0.6 is 0 Å². The SMILES string of the molecule is CNC(=O)CC1C(=O)N(Nc2ccc(C)cc2)c2ccccc21. The second-order valence-corrected chi connectivity index (χ2v) is 5.64. The summed E-state index contributed by atoms with van der Waals surface area (Å²) in [6.07, 6.45) is 0.151. The average molecular weight is 309 g/mol. The molecule has 0 spiro atoms. The predicted molar refractivity (Wildman–Crippen MR) is 90.2 cm³/mol. The zero-order valence-electron chi connectivity index (χ0n) is 13.2. The lowest BCUT2D eigenvalue weighted by molar-refractivity contribution is -0.125. The van der Waals surface area contributed by atoms with Crippen LogP contribution in [0.15, 0.2) is 48.5 Å². The average Bonchev–Trinajstić information content (AvgIpc) is 2.82. The summed E-state index contributed by atoms with van der Waals surface area (Å²) in [5, 5.41) is 4.12. The number of nitrogens with one attached hydrogen (secondary N) is 2. The van der Waals surface area contributed by atoms with Crippen LogP contribution in [0.25, 0.3) is 0 Å². The van der Waals surface area contributed by atoms with Crippen molar-refractivity contribution in [3.05, 3.63) is 59.7 Å². The number of aryl methyl sites for hydroxylation is 1. The minimum Gasteiger partial charge on any atom is -0.359 e. The Hall–Kier alpha value is -2.82. The van der Waals surface area contributed by atoms with Crippen LogP contribution in [0.2, 0.25) is 0 Å². The van der Waals surface area contributed by atoms with E-state index in [2.05, 4.69) is 10.7 Å². The van der Waals surface area contributed by atoms with Crippen molar-refractivity contribution in [1.29, 1.82) is 0 Å². The molecule has 2 aromatic rings. The number of anilines is 2. The zero-order valence-corrected chi connectivity index (χ0v) is 13.2. The third-order valence-electron chi connectivity index (χ3n) is 4.03. The van der Waals surface area contributed by atoms with E-state index >= 15 is 0 Å². The van der Waals surface area contributed by atoms with Gasteiger partial charge < -0.3 is 5.32 Å². The molecular formula is C18H19N3O2. The lowest BCUT2D eigenvalue weighted by Crippen LogP contribution is -2.35. The van der Waals surface area contributed by atoms with Crippen LogP contribution in [-0.2, 0) is 9.59 Å². The van der Waals surface area contributed by atoms with Gasteiger partial charge in [0.05, 0.1) is 17.3 Å². The Morgan fingerprint density at radius 2 is 1.83 bits per heavy atom. The van der Waals surface area contributed by atoms with Gasteiger partial charge in [0, 0.05) is 13.5 Å². The molecule has 0 saturated heterocycles. The van der Waals surface area contributed by atoms with E-state index in [0.717, 1.165) is 22.5 Å². The molecule has 118 valence electrons. The summed E-state index contributed by atoms with van der Waals surface area (Å²) in [5.74, 6) is -0.713. The molecule has 0 aromatic heterocycles. The number of hydrogen-bond acceptors (Lipinski definition) is 3. The molecule has 0 radical (unpaired) electrons. The minimum atomic E-state index is -0.455. The quantitative estimate of drug-likeness (QED) is 0.912. The number of benzene rings is 2. The first-order chi connectivity index (χ1) is 11.1. The zero-order chi connectivity index (χ0) is 16.4. The molecule has 5 heteroatoms. The Balaban J connectivity index is 1.90. The van der Waals surface area contributed by atoms with Crippen molar-refractivity contribution < 1.29 is 9.59 Å². The van der Waals surface area contributed by atoms with Crippen molar-refractivity contribution in [3.63, 3.8) is 0 Å². The molecule has 1 aliphatic rings. The lowest BCUT2D eigenvalue weighted by Gasteiger charge is -2.20. The maximum Gasteiger partial charge on any atom is 0.253 e. The van der Waals surface area contributed by atoms with Crippen molar-refractivity contribution in [3.8, 4) is 0 Å². The highest BCUT2D eigenvalue weighted by atomic mass is 16.2.